The number of fused-ring (bicyclic) bond motifs is 2. The minimum absolute atomic E-state index is 0.319. The Morgan fingerprint density at radius 1 is 1.02 bits per heavy atom. The first-order valence-corrected chi connectivity index (χ1v) is 15.6. The van der Waals surface area contributed by atoms with Gasteiger partial charge in [0, 0.05) is 55.3 Å². The summed E-state index contributed by atoms with van der Waals surface area (Å²) in [6.07, 6.45) is 2.81. The minimum Gasteiger partial charge on any atom is -0.496 e. The van der Waals surface area contributed by atoms with Gasteiger partial charge in [0.25, 0.3) is 0 Å². The molecule has 43 heavy (non-hydrogen) atoms. The number of ether oxygens (including phenoxy) is 2. The van der Waals surface area contributed by atoms with Gasteiger partial charge < -0.3 is 18.8 Å². The van der Waals surface area contributed by atoms with Crippen molar-refractivity contribution in [3.63, 3.8) is 0 Å². The molecule has 6 aromatic rings. The fourth-order valence-electron chi connectivity index (χ4n) is 5.23. The molecule has 1 saturated heterocycles. The van der Waals surface area contributed by atoms with Crippen molar-refractivity contribution in [2.45, 2.75) is 27.0 Å². The molecule has 0 bridgehead atoms. The second-order valence-corrected chi connectivity index (χ2v) is 12.9. The number of imidazole rings is 1. The fourth-order valence-corrected chi connectivity index (χ4v) is 6.88. The van der Waals surface area contributed by atoms with Crippen LogP contribution in [0.2, 0.25) is 0 Å². The van der Waals surface area contributed by atoms with Crippen LogP contribution in [0.25, 0.3) is 38.0 Å². The lowest BCUT2D eigenvalue weighted by Gasteiger charge is -2.32. The fraction of sp³-hybridized carbons (Fsp3) is 0.290. The third-order valence-electron chi connectivity index (χ3n) is 7.63. The summed E-state index contributed by atoms with van der Waals surface area (Å²) in [6, 6.07) is 14.3. The van der Waals surface area contributed by atoms with Crippen molar-refractivity contribution in [3.8, 4) is 33.5 Å². The summed E-state index contributed by atoms with van der Waals surface area (Å²) in [6.45, 7) is 8.60. The van der Waals surface area contributed by atoms with Gasteiger partial charge in [0.1, 0.15) is 39.4 Å². The maximum absolute atomic E-state index is 11.0. The van der Waals surface area contributed by atoms with Crippen LogP contribution in [0, 0.1) is 13.8 Å². The van der Waals surface area contributed by atoms with E-state index < -0.39 is 0 Å². The molecule has 0 spiro atoms. The van der Waals surface area contributed by atoms with E-state index >= 15 is 0 Å². The summed E-state index contributed by atoms with van der Waals surface area (Å²) in [7, 11) is 1.63. The zero-order valence-electron chi connectivity index (χ0n) is 24.1. The van der Waals surface area contributed by atoms with E-state index in [1.165, 1.54) is 16.9 Å². The minimum atomic E-state index is 0.319. The Morgan fingerprint density at radius 3 is 2.58 bits per heavy atom. The van der Waals surface area contributed by atoms with Crippen molar-refractivity contribution in [1.82, 2.24) is 29.4 Å². The number of carbonyl (C=O) groups is 1. The SMILES string of the molecule is COc1cc(OCc2nc(-c3ccc(CN4CCN(C=O)CC4)cc3)sc2C)c2cc(-c3cn4nc(C)sc4n3)oc2c1. The number of aromatic nitrogens is 4. The van der Waals surface area contributed by atoms with Crippen LogP contribution < -0.4 is 9.47 Å². The van der Waals surface area contributed by atoms with E-state index in [0.717, 1.165) is 75.6 Å². The number of thiazole rings is 1. The zero-order chi connectivity index (χ0) is 29.5. The lowest BCUT2D eigenvalue weighted by molar-refractivity contribution is -0.119. The number of benzene rings is 2. The van der Waals surface area contributed by atoms with E-state index in [9.17, 15) is 4.79 Å². The summed E-state index contributed by atoms with van der Waals surface area (Å²) in [5.74, 6) is 1.95. The largest absolute Gasteiger partial charge is 0.496 e. The van der Waals surface area contributed by atoms with Crippen LogP contribution in [0.3, 0.4) is 0 Å². The molecular formula is C31H30N6O4S2. The van der Waals surface area contributed by atoms with Crippen molar-refractivity contribution in [2.75, 3.05) is 33.3 Å². The number of piperazine rings is 1. The van der Waals surface area contributed by atoms with Crippen LogP contribution in [-0.4, -0.2) is 69.1 Å². The van der Waals surface area contributed by atoms with E-state index in [2.05, 4.69) is 46.2 Å². The number of carbonyl (C=O) groups excluding carboxylic acids is 1. The van der Waals surface area contributed by atoms with E-state index in [1.54, 1.807) is 23.0 Å². The predicted octanol–water partition coefficient (Wildman–Crippen LogP) is 5.81. The van der Waals surface area contributed by atoms with Crippen LogP contribution in [0.1, 0.15) is 21.1 Å². The van der Waals surface area contributed by atoms with E-state index in [0.29, 0.717) is 35.1 Å². The lowest BCUT2D eigenvalue weighted by Crippen LogP contribution is -2.45. The number of methoxy groups -OCH3 is 1. The quantitative estimate of drug-likeness (QED) is 0.188. The van der Waals surface area contributed by atoms with Crippen LogP contribution in [0.5, 0.6) is 11.5 Å². The molecule has 5 heterocycles. The topological polar surface area (TPSA) is 98.2 Å². The molecule has 0 atom stereocenters. The average Bonchev–Trinajstić information content (AvgIpc) is 3.79. The molecule has 1 fully saturated rings. The molecule has 1 aliphatic rings. The second kappa shape index (κ2) is 11.4. The molecule has 0 radical (unpaired) electrons. The van der Waals surface area contributed by atoms with Crippen molar-refractivity contribution in [3.05, 3.63) is 69.8 Å². The summed E-state index contributed by atoms with van der Waals surface area (Å²) in [4.78, 5) is 26.7. The molecular weight excluding hydrogens is 585 g/mol. The molecule has 1 amide bonds. The van der Waals surface area contributed by atoms with E-state index in [1.807, 2.05) is 36.2 Å². The van der Waals surface area contributed by atoms with Crippen LogP contribution in [0.4, 0.5) is 0 Å². The Kier molecular flexibility index (Phi) is 7.33. The maximum Gasteiger partial charge on any atom is 0.212 e. The van der Waals surface area contributed by atoms with Crippen molar-refractivity contribution >= 4 is 45.0 Å². The van der Waals surface area contributed by atoms with Gasteiger partial charge in [0.15, 0.2) is 5.76 Å². The van der Waals surface area contributed by atoms with Gasteiger partial charge in [-0.05, 0) is 25.5 Å². The molecule has 0 N–H and O–H groups in total. The van der Waals surface area contributed by atoms with E-state index in [4.69, 9.17) is 18.9 Å². The number of aryl methyl sites for hydroxylation is 2. The summed E-state index contributed by atoms with van der Waals surface area (Å²) in [5, 5.41) is 7.22. The average molecular weight is 615 g/mol. The van der Waals surface area contributed by atoms with Crippen LogP contribution >= 0.6 is 22.7 Å². The molecule has 7 rings (SSSR count). The first kappa shape index (κ1) is 27.6. The number of hydrogen-bond acceptors (Lipinski definition) is 10. The Bertz CT molecular complexity index is 1880. The third-order valence-corrected chi connectivity index (χ3v) is 9.53. The van der Waals surface area contributed by atoms with Crippen molar-refractivity contribution < 1.29 is 18.7 Å². The summed E-state index contributed by atoms with van der Waals surface area (Å²) < 4.78 is 19.8. The third kappa shape index (κ3) is 5.61. The highest BCUT2D eigenvalue weighted by atomic mass is 32.1. The number of amides is 1. The van der Waals surface area contributed by atoms with Crippen LogP contribution in [0.15, 0.2) is 53.1 Å². The van der Waals surface area contributed by atoms with Crippen LogP contribution in [-0.2, 0) is 17.9 Å². The van der Waals surface area contributed by atoms with Gasteiger partial charge in [-0.3, -0.25) is 9.69 Å². The second-order valence-electron chi connectivity index (χ2n) is 10.5. The molecule has 2 aromatic carbocycles. The summed E-state index contributed by atoms with van der Waals surface area (Å²) >= 11 is 3.20. The molecule has 0 saturated carbocycles. The number of nitrogens with zero attached hydrogens (tertiary/aromatic N) is 6. The molecule has 0 aliphatic carbocycles. The van der Waals surface area contributed by atoms with Gasteiger partial charge in [-0.1, -0.05) is 35.6 Å². The molecule has 4 aromatic heterocycles. The van der Waals surface area contributed by atoms with Gasteiger partial charge in [-0.25, -0.2) is 14.5 Å². The van der Waals surface area contributed by atoms with Gasteiger partial charge in [-0.15, -0.1) is 11.3 Å². The highest BCUT2D eigenvalue weighted by Crippen LogP contribution is 2.38. The number of furan rings is 1. The lowest BCUT2D eigenvalue weighted by atomic mass is 10.1. The van der Waals surface area contributed by atoms with Gasteiger partial charge in [0.05, 0.1) is 24.4 Å². The Morgan fingerprint density at radius 2 is 1.84 bits per heavy atom. The van der Waals surface area contributed by atoms with Crippen molar-refractivity contribution in [1.29, 1.82) is 0 Å². The predicted molar refractivity (Wildman–Crippen MR) is 167 cm³/mol. The standard InChI is InChI=1S/C31H30N6O4S2/c1-19-26(32-30(42-19)22-6-4-21(5-7-22)15-35-8-10-36(18-38)11-9-35)17-40-27-12-23(39-3)13-28-24(27)14-29(41-28)25-16-37-31(33-25)43-20(2)34-37/h4-7,12-14,16,18H,8-11,15,17H2,1-3H3. The van der Waals surface area contributed by atoms with Gasteiger partial charge in [0.2, 0.25) is 11.4 Å². The molecule has 12 heteroatoms. The first-order chi connectivity index (χ1) is 20.9. The maximum atomic E-state index is 11.0. The molecule has 220 valence electrons. The monoisotopic (exact) mass is 614 g/mol. The molecule has 1 aliphatic heterocycles. The Hall–Kier alpha value is -4.26. The van der Waals surface area contributed by atoms with Gasteiger partial charge in [-0.2, -0.15) is 5.10 Å². The highest BCUT2D eigenvalue weighted by molar-refractivity contribution is 7.16. The zero-order valence-corrected chi connectivity index (χ0v) is 25.7. The normalized spacial score (nSPS) is 14.2. The number of rotatable bonds is 9. The van der Waals surface area contributed by atoms with Gasteiger partial charge >= 0.3 is 0 Å². The Labute approximate surface area is 256 Å². The smallest absolute Gasteiger partial charge is 0.212 e. The van der Waals surface area contributed by atoms with Crippen molar-refractivity contribution in [2.24, 2.45) is 0 Å². The first-order valence-electron chi connectivity index (χ1n) is 14.0. The molecule has 10 nitrogen and oxygen atoms in total. The molecule has 0 unspecified atom stereocenters. The number of hydrogen-bond donors (Lipinski definition) is 0. The van der Waals surface area contributed by atoms with E-state index in [-0.39, 0.29) is 0 Å². The highest BCUT2D eigenvalue weighted by Gasteiger charge is 2.19. The Balaban J connectivity index is 1.07. The summed E-state index contributed by atoms with van der Waals surface area (Å²) in [5.41, 5.74) is 4.61.